The first kappa shape index (κ1) is 18.3. The first-order valence-corrected chi connectivity index (χ1v) is 9.99. The fourth-order valence-electron chi connectivity index (χ4n) is 4.80. The molecule has 2 aliphatic rings. The minimum Gasteiger partial charge on any atom is -0.425 e. The van der Waals surface area contributed by atoms with Gasteiger partial charge in [0.15, 0.2) is 0 Å². The Balaban J connectivity index is 1.42. The predicted molar refractivity (Wildman–Crippen MR) is 95.6 cm³/mol. The fraction of sp³-hybridized carbons (Fsp3) is 0.714. The lowest BCUT2D eigenvalue weighted by molar-refractivity contribution is -0.140. The van der Waals surface area contributed by atoms with Gasteiger partial charge in [0.2, 0.25) is 5.95 Å². The first-order valence-electron chi connectivity index (χ1n) is 9.99. The Kier molecular flexibility index (Phi) is 6.44. The first-order chi connectivity index (χ1) is 12.2. The van der Waals surface area contributed by atoms with Gasteiger partial charge in [0.1, 0.15) is 5.75 Å². The molecule has 1 aromatic rings. The van der Waals surface area contributed by atoms with Gasteiger partial charge in [0, 0.05) is 0 Å². The lowest BCUT2D eigenvalue weighted by Crippen LogP contribution is -2.30. The maximum Gasteiger partial charge on any atom is 0.314 e. The summed E-state index contributed by atoms with van der Waals surface area (Å²) < 4.78 is 18.2. The van der Waals surface area contributed by atoms with Crippen molar-refractivity contribution in [1.29, 1.82) is 0 Å². The smallest absolute Gasteiger partial charge is 0.314 e. The molecule has 3 rings (SSSR count). The molecule has 0 bridgehead atoms. The van der Waals surface area contributed by atoms with Crippen LogP contribution in [0.5, 0.6) is 5.75 Å². The standard InChI is InChI=1S/C21H30FNO2/c1-2-3-15-4-6-16(7-5-15)17-8-10-18(11-9-17)21(24)25-19-12-13-20(22)23-14-19/h12-18H,2-11H2,1H3/t15-,16-,17?,18?. The SMILES string of the molecule is CCC[C@H]1CC[C@H](C2CCC(C(=O)Oc3ccc(F)nc3)CC2)CC1. The third kappa shape index (κ3) is 5.02. The van der Waals surface area contributed by atoms with Crippen LogP contribution in [0.4, 0.5) is 4.39 Å². The van der Waals surface area contributed by atoms with Crippen LogP contribution in [0, 0.1) is 29.6 Å². The largest absolute Gasteiger partial charge is 0.425 e. The average molecular weight is 347 g/mol. The molecule has 1 heterocycles. The van der Waals surface area contributed by atoms with E-state index in [-0.39, 0.29) is 11.9 Å². The van der Waals surface area contributed by atoms with Crippen LogP contribution >= 0.6 is 0 Å². The van der Waals surface area contributed by atoms with Crippen molar-refractivity contribution in [2.75, 3.05) is 0 Å². The number of pyridine rings is 1. The molecule has 0 atom stereocenters. The van der Waals surface area contributed by atoms with E-state index in [9.17, 15) is 9.18 Å². The van der Waals surface area contributed by atoms with Gasteiger partial charge >= 0.3 is 5.97 Å². The summed E-state index contributed by atoms with van der Waals surface area (Å²) >= 11 is 0. The maximum atomic E-state index is 12.8. The lowest BCUT2D eigenvalue weighted by atomic mass is 9.69. The molecule has 25 heavy (non-hydrogen) atoms. The molecule has 0 saturated heterocycles. The summed E-state index contributed by atoms with van der Waals surface area (Å²) in [6.07, 6.45) is 13.7. The summed E-state index contributed by atoms with van der Waals surface area (Å²) in [5, 5.41) is 0. The number of halogens is 1. The zero-order valence-electron chi connectivity index (χ0n) is 15.3. The fourth-order valence-corrected chi connectivity index (χ4v) is 4.80. The number of hydrogen-bond acceptors (Lipinski definition) is 3. The van der Waals surface area contributed by atoms with Crippen molar-refractivity contribution in [3.63, 3.8) is 0 Å². The quantitative estimate of drug-likeness (QED) is 0.518. The van der Waals surface area contributed by atoms with E-state index in [4.69, 9.17) is 4.74 Å². The number of esters is 1. The Hall–Kier alpha value is -1.45. The molecule has 2 fully saturated rings. The highest BCUT2D eigenvalue weighted by Gasteiger charge is 2.33. The van der Waals surface area contributed by atoms with Gasteiger partial charge in [0.05, 0.1) is 12.1 Å². The highest BCUT2D eigenvalue weighted by molar-refractivity contribution is 5.75. The van der Waals surface area contributed by atoms with E-state index in [0.29, 0.717) is 5.75 Å². The van der Waals surface area contributed by atoms with E-state index >= 15 is 0 Å². The van der Waals surface area contributed by atoms with Gasteiger partial charge in [-0.25, -0.2) is 4.98 Å². The van der Waals surface area contributed by atoms with Crippen LogP contribution in [0.1, 0.15) is 71.1 Å². The monoisotopic (exact) mass is 347 g/mol. The second kappa shape index (κ2) is 8.77. The van der Waals surface area contributed by atoms with Crippen LogP contribution in [0.15, 0.2) is 18.3 Å². The molecule has 0 amide bonds. The molecule has 3 nitrogen and oxygen atoms in total. The Morgan fingerprint density at radius 1 is 1.08 bits per heavy atom. The molecule has 0 N–H and O–H groups in total. The van der Waals surface area contributed by atoms with Gasteiger partial charge in [-0.15, -0.1) is 0 Å². The zero-order chi connectivity index (χ0) is 17.6. The Labute approximate surface area is 150 Å². The Morgan fingerprint density at radius 3 is 2.28 bits per heavy atom. The molecule has 4 heteroatoms. The molecule has 0 unspecified atom stereocenters. The van der Waals surface area contributed by atoms with Crippen molar-refractivity contribution in [3.05, 3.63) is 24.3 Å². The lowest BCUT2D eigenvalue weighted by Gasteiger charge is -2.37. The van der Waals surface area contributed by atoms with Crippen LogP contribution in [0.25, 0.3) is 0 Å². The summed E-state index contributed by atoms with van der Waals surface area (Å²) in [6, 6.07) is 2.68. The number of carbonyl (C=O) groups excluding carboxylic acids is 1. The van der Waals surface area contributed by atoms with Crippen LogP contribution < -0.4 is 4.74 Å². The number of carbonyl (C=O) groups is 1. The van der Waals surface area contributed by atoms with Crippen molar-refractivity contribution in [2.24, 2.45) is 23.7 Å². The van der Waals surface area contributed by atoms with Crippen LogP contribution in [0.3, 0.4) is 0 Å². The second-order valence-electron chi connectivity index (χ2n) is 7.92. The van der Waals surface area contributed by atoms with Gasteiger partial charge in [-0.05, 0) is 68.4 Å². The van der Waals surface area contributed by atoms with E-state index in [0.717, 1.165) is 43.4 Å². The molecule has 2 aliphatic carbocycles. The molecule has 138 valence electrons. The van der Waals surface area contributed by atoms with E-state index < -0.39 is 5.95 Å². The summed E-state index contributed by atoms with van der Waals surface area (Å²) in [7, 11) is 0. The second-order valence-corrected chi connectivity index (χ2v) is 7.92. The normalized spacial score (nSPS) is 30.0. The molecule has 1 aromatic heterocycles. The van der Waals surface area contributed by atoms with E-state index in [1.807, 2.05) is 0 Å². The minimum absolute atomic E-state index is 0.0160. The van der Waals surface area contributed by atoms with E-state index in [1.54, 1.807) is 0 Å². The number of hydrogen-bond donors (Lipinski definition) is 0. The maximum absolute atomic E-state index is 12.8. The van der Waals surface area contributed by atoms with Gasteiger partial charge in [-0.3, -0.25) is 4.79 Å². The molecule has 0 aromatic carbocycles. The van der Waals surface area contributed by atoms with Crippen molar-refractivity contribution in [2.45, 2.75) is 71.1 Å². The number of aromatic nitrogens is 1. The van der Waals surface area contributed by atoms with Crippen molar-refractivity contribution >= 4 is 5.97 Å². The van der Waals surface area contributed by atoms with Gasteiger partial charge in [-0.1, -0.05) is 32.6 Å². The average Bonchev–Trinajstić information content (AvgIpc) is 2.65. The summed E-state index contributed by atoms with van der Waals surface area (Å²) in [5.74, 6) is 2.19. The highest BCUT2D eigenvalue weighted by atomic mass is 19.1. The predicted octanol–water partition coefficient (Wildman–Crippen LogP) is 5.54. The number of rotatable bonds is 5. The van der Waals surface area contributed by atoms with Gasteiger partial charge in [-0.2, -0.15) is 4.39 Å². The molecule has 2 saturated carbocycles. The zero-order valence-corrected chi connectivity index (χ0v) is 15.3. The number of nitrogens with zero attached hydrogens (tertiary/aromatic N) is 1. The minimum atomic E-state index is -0.561. The van der Waals surface area contributed by atoms with Crippen molar-refractivity contribution in [1.82, 2.24) is 4.98 Å². The third-order valence-corrected chi connectivity index (χ3v) is 6.28. The molecular weight excluding hydrogens is 317 g/mol. The molecule has 0 spiro atoms. The van der Waals surface area contributed by atoms with E-state index in [1.165, 1.54) is 56.9 Å². The highest BCUT2D eigenvalue weighted by Crippen LogP contribution is 2.42. The molecule has 0 radical (unpaired) electrons. The van der Waals surface area contributed by atoms with Crippen LogP contribution in [0.2, 0.25) is 0 Å². The van der Waals surface area contributed by atoms with Gasteiger partial charge < -0.3 is 4.74 Å². The van der Waals surface area contributed by atoms with Crippen LogP contribution in [-0.2, 0) is 4.79 Å². The van der Waals surface area contributed by atoms with E-state index in [2.05, 4.69) is 11.9 Å². The Bertz CT molecular complexity index is 544. The summed E-state index contributed by atoms with van der Waals surface area (Å²) in [6.45, 7) is 2.29. The van der Waals surface area contributed by atoms with Gasteiger partial charge in [0.25, 0.3) is 0 Å². The number of ether oxygens (including phenoxy) is 1. The Morgan fingerprint density at radius 2 is 1.72 bits per heavy atom. The topological polar surface area (TPSA) is 39.2 Å². The summed E-state index contributed by atoms with van der Waals surface area (Å²) in [4.78, 5) is 15.8. The van der Waals surface area contributed by atoms with Crippen LogP contribution in [-0.4, -0.2) is 11.0 Å². The molecule has 0 aliphatic heterocycles. The van der Waals surface area contributed by atoms with Crippen molar-refractivity contribution < 1.29 is 13.9 Å². The third-order valence-electron chi connectivity index (χ3n) is 6.28. The van der Waals surface area contributed by atoms with Crippen molar-refractivity contribution in [3.8, 4) is 5.75 Å². The molecular formula is C21H30FNO2. The summed E-state index contributed by atoms with van der Waals surface area (Å²) in [5.41, 5.74) is 0.